The second kappa shape index (κ2) is 9.95. The van der Waals surface area contributed by atoms with Crippen molar-refractivity contribution in [3.63, 3.8) is 0 Å². The Morgan fingerprint density at radius 2 is 2.00 bits per heavy atom. The maximum atomic E-state index is 12.9. The zero-order valence-electron chi connectivity index (χ0n) is 16.1. The standard InChI is InChI=1S/C20H29N3O3.ClH/c1-3-26-17-7-4-15(5-8-17)20(25)22-12-10-18-16(14-22)6-9-19(24)23(18)13-11-21-2;/h4-5,7-8,16,18,21H,3,6,9-14H2,1-2H3;1H/t16-,18+;/m0./s1. The molecule has 0 bridgehead atoms. The molecule has 150 valence electrons. The van der Waals surface area contributed by atoms with Crippen LogP contribution in [0.3, 0.4) is 0 Å². The zero-order chi connectivity index (χ0) is 18.5. The van der Waals surface area contributed by atoms with Gasteiger partial charge < -0.3 is 19.9 Å². The first kappa shape index (κ1) is 21.5. The minimum absolute atomic E-state index is 0. The molecule has 6 nitrogen and oxygen atoms in total. The van der Waals surface area contributed by atoms with Crippen LogP contribution < -0.4 is 10.1 Å². The lowest BCUT2D eigenvalue weighted by Crippen LogP contribution is -2.57. The van der Waals surface area contributed by atoms with E-state index in [1.54, 1.807) is 0 Å². The largest absolute Gasteiger partial charge is 0.494 e. The fraction of sp³-hybridized carbons (Fsp3) is 0.600. The van der Waals surface area contributed by atoms with E-state index >= 15 is 0 Å². The summed E-state index contributed by atoms with van der Waals surface area (Å²) in [6, 6.07) is 7.64. The van der Waals surface area contributed by atoms with Gasteiger partial charge in [-0.05, 0) is 57.0 Å². The first-order valence-electron chi connectivity index (χ1n) is 9.60. The summed E-state index contributed by atoms with van der Waals surface area (Å²) in [6.45, 7) is 5.56. The molecule has 2 aliphatic heterocycles. The highest BCUT2D eigenvalue weighted by molar-refractivity contribution is 5.94. The molecular formula is C20H30ClN3O3. The fourth-order valence-electron chi connectivity index (χ4n) is 4.10. The molecule has 7 heteroatoms. The van der Waals surface area contributed by atoms with E-state index in [0.717, 1.165) is 38.2 Å². The molecule has 1 aromatic carbocycles. The summed E-state index contributed by atoms with van der Waals surface area (Å²) in [4.78, 5) is 29.1. The van der Waals surface area contributed by atoms with Crippen LogP contribution in [0.1, 0.15) is 36.5 Å². The zero-order valence-corrected chi connectivity index (χ0v) is 17.0. The number of likely N-dealkylation sites (N-methyl/N-ethyl adjacent to an activating group) is 1. The van der Waals surface area contributed by atoms with E-state index in [-0.39, 0.29) is 30.3 Å². The van der Waals surface area contributed by atoms with Crippen LogP contribution in [-0.2, 0) is 4.79 Å². The van der Waals surface area contributed by atoms with Gasteiger partial charge in [0.15, 0.2) is 0 Å². The van der Waals surface area contributed by atoms with Crippen LogP contribution in [0.4, 0.5) is 0 Å². The molecule has 3 rings (SSSR count). The molecule has 0 aromatic heterocycles. The summed E-state index contributed by atoms with van der Waals surface area (Å²) in [7, 11) is 1.91. The van der Waals surface area contributed by atoms with Gasteiger partial charge in [-0.25, -0.2) is 0 Å². The maximum Gasteiger partial charge on any atom is 0.253 e. The van der Waals surface area contributed by atoms with Crippen molar-refractivity contribution < 1.29 is 14.3 Å². The molecule has 2 aliphatic rings. The fourth-order valence-corrected chi connectivity index (χ4v) is 4.10. The average molecular weight is 396 g/mol. The summed E-state index contributed by atoms with van der Waals surface area (Å²) in [5, 5.41) is 3.12. The van der Waals surface area contributed by atoms with E-state index in [0.29, 0.717) is 31.1 Å². The Kier molecular flexibility index (Phi) is 7.92. The number of hydrogen-bond acceptors (Lipinski definition) is 4. The highest BCUT2D eigenvalue weighted by Crippen LogP contribution is 2.31. The molecule has 0 aliphatic carbocycles. The summed E-state index contributed by atoms with van der Waals surface area (Å²) in [5.74, 6) is 1.50. The third kappa shape index (κ3) is 4.93. The number of likely N-dealkylation sites (tertiary alicyclic amines) is 2. The highest BCUT2D eigenvalue weighted by atomic mass is 35.5. The number of amides is 2. The van der Waals surface area contributed by atoms with Crippen molar-refractivity contribution in [3.05, 3.63) is 29.8 Å². The SMILES string of the molecule is CCOc1ccc(C(=O)N2CC[C@@H]3[C@@H](CCC(=O)N3CCNC)C2)cc1.Cl. The molecule has 1 N–H and O–H groups in total. The maximum absolute atomic E-state index is 12.9. The van der Waals surface area contributed by atoms with Crippen molar-refractivity contribution in [1.29, 1.82) is 0 Å². The van der Waals surface area contributed by atoms with Gasteiger partial charge in [0.2, 0.25) is 5.91 Å². The number of nitrogens with zero attached hydrogens (tertiary/aromatic N) is 2. The minimum atomic E-state index is 0. The van der Waals surface area contributed by atoms with Crippen molar-refractivity contribution in [1.82, 2.24) is 15.1 Å². The molecule has 0 spiro atoms. The van der Waals surface area contributed by atoms with Gasteiger partial charge in [0, 0.05) is 44.2 Å². The molecule has 2 heterocycles. The second-order valence-corrected chi connectivity index (χ2v) is 7.05. The number of hydrogen-bond donors (Lipinski definition) is 1. The first-order chi connectivity index (χ1) is 12.6. The van der Waals surface area contributed by atoms with Crippen LogP contribution in [0.25, 0.3) is 0 Å². The minimum Gasteiger partial charge on any atom is -0.494 e. The van der Waals surface area contributed by atoms with Gasteiger partial charge in [-0.1, -0.05) is 0 Å². The molecule has 0 radical (unpaired) electrons. The van der Waals surface area contributed by atoms with E-state index in [4.69, 9.17) is 4.74 Å². The van der Waals surface area contributed by atoms with E-state index in [2.05, 4.69) is 5.32 Å². The average Bonchev–Trinajstić information content (AvgIpc) is 2.67. The summed E-state index contributed by atoms with van der Waals surface area (Å²) in [5.41, 5.74) is 0.700. The quantitative estimate of drug-likeness (QED) is 0.802. The van der Waals surface area contributed by atoms with E-state index in [1.165, 1.54) is 0 Å². The lowest BCUT2D eigenvalue weighted by Gasteiger charge is -2.47. The summed E-state index contributed by atoms with van der Waals surface area (Å²) >= 11 is 0. The van der Waals surface area contributed by atoms with Gasteiger partial charge in [0.25, 0.3) is 5.91 Å². The van der Waals surface area contributed by atoms with E-state index in [1.807, 2.05) is 48.0 Å². The Morgan fingerprint density at radius 1 is 1.26 bits per heavy atom. The summed E-state index contributed by atoms with van der Waals surface area (Å²) < 4.78 is 5.44. The number of carbonyl (C=O) groups is 2. The van der Waals surface area contributed by atoms with Crippen molar-refractivity contribution >= 4 is 24.2 Å². The number of piperidine rings is 2. The Hall–Kier alpha value is -1.79. The normalized spacial score (nSPS) is 22.1. The van der Waals surface area contributed by atoms with Crippen molar-refractivity contribution in [2.24, 2.45) is 5.92 Å². The molecule has 2 fully saturated rings. The molecule has 2 saturated heterocycles. The second-order valence-electron chi connectivity index (χ2n) is 7.05. The Labute approximate surface area is 167 Å². The number of ether oxygens (including phenoxy) is 1. The molecule has 27 heavy (non-hydrogen) atoms. The molecular weight excluding hydrogens is 366 g/mol. The predicted molar refractivity (Wildman–Crippen MR) is 108 cm³/mol. The van der Waals surface area contributed by atoms with Crippen LogP contribution in [0.2, 0.25) is 0 Å². The lowest BCUT2D eigenvalue weighted by molar-refractivity contribution is -0.140. The topological polar surface area (TPSA) is 61.9 Å². The third-order valence-corrected chi connectivity index (χ3v) is 5.45. The number of halogens is 1. The van der Waals surface area contributed by atoms with Crippen LogP contribution in [-0.4, -0.2) is 67.5 Å². The van der Waals surface area contributed by atoms with E-state index < -0.39 is 0 Å². The highest BCUT2D eigenvalue weighted by Gasteiger charge is 2.40. The number of nitrogens with one attached hydrogen (secondary N) is 1. The van der Waals surface area contributed by atoms with Gasteiger partial charge in [0.1, 0.15) is 5.75 Å². The third-order valence-electron chi connectivity index (χ3n) is 5.45. The van der Waals surface area contributed by atoms with Crippen LogP contribution >= 0.6 is 12.4 Å². The van der Waals surface area contributed by atoms with Gasteiger partial charge in [-0.3, -0.25) is 9.59 Å². The van der Waals surface area contributed by atoms with Crippen LogP contribution in [0.5, 0.6) is 5.75 Å². The Bertz CT molecular complexity index is 638. The van der Waals surface area contributed by atoms with Gasteiger partial charge in [-0.2, -0.15) is 0 Å². The van der Waals surface area contributed by atoms with Crippen molar-refractivity contribution in [2.75, 3.05) is 39.8 Å². The van der Waals surface area contributed by atoms with Crippen molar-refractivity contribution in [3.8, 4) is 5.75 Å². The Morgan fingerprint density at radius 3 is 2.67 bits per heavy atom. The number of benzene rings is 1. The summed E-state index contributed by atoms with van der Waals surface area (Å²) in [6.07, 6.45) is 2.34. The molecule has 0 saturated carbocycles. The van der Waals surface area contributed by atoms with Crippen LogP contribution in [0.15, 0.2) is 24.3 Å². The number of carbonyl (C=O) groups excluding carboxylic acids is 2. The number of fused-ring (bicyclic) bond motifs is 1. The van der Waals surface area contributed by atoms with Crippen molar-refractivity contribution in [2.45, 2.75) is 32.2 Å². The van der Waals surface area contributed by atoms with Gasteiger partial charge in [0.05, 0.1) is 6.61 Å². The smallest absolute Gasteiger partial charge is 0.253 e. The van der Waals surface area contributed by atoms with Gasteiger partial charge in [-0.15, -0.1) is 12.4 Å². The monoisotopic (exact) mass is 395 g/mol. The first-order valence-corrected chi connectivity index (χ1v) is 9.60. The molecule has 1 aromatic rings. The van der Waals surface area contributed by atoms with Crippen LogP contribution in [0, 0.1) is 5.92 Å². The molecule has 2 atom stereocenters. The predicted octanol–water partition coefficient (Wildman–Crippen LogP) is 2.18. The van der Waals surface area contributed by atoms with E-state index in [9.17, 15) is 9.59 Å². The lowest BCUT2D eigenvalue weighted by atomic mass is 9.83. The molecule has 2 amide bonds. The molecule has 0 unspecified atom stereocenters. The number of rotatable bonds is 6. The van der Waals surface area contributed by atoms with Gasteiger partial charge >= 0.3 is 0 Å². The Balaban J connectivity index is 0.00000261.